The average Bonchev–Trinajstić information content (AvgIpc) is 3.20. The molecule has 0 radical (unpaired) electrons. The molecule has 1 aromatic heterocycles. The van der Waals surface area contributed by atoms with E-state index < -0.39 is 30.3 Å². The molecule has 0 bridgehead atoms. The van der Waals surface area contributed by atoms with Crippen molar-refractivity contribution in [1.29, 1.82) is 0 Å². The fourth-order valence-corrected chi connectivity index (χ4v) is 4.81. The standard InChI is InChI=1S/C20H20N2O8S/c23-13(8-22-18(26)15-6-10-7-21-5-4-14(10)31-15)11-2-1-3-12-17(11)20(12,19(27)28)30-29-9-16(24)25/h1-3,6,13,21,23H,4-5,7-9H2,(H,22,26)(H,24,25)(H,27,28). The van der Waals surface area contributed by atoms with Gasteiger partial charge in [0.2, 0.25) is 0 Å². The molecule has 164 valence electrons. The van der Waals surface area contributed by atoms with Gasteiger partial charge < -0.3 is 26.0 Å². The van der Waals surface area contributed by atoms with Crippen LogP contribution in [-0.2, 0) is 37.9 Å². The second-order valence-electron chi connectivity index (χ2n) is 7.21. The highest BCUT2D eigenvalue weighted by atomic mass is 32.1. The number of rotatable bonds is 9. The molecule has 0 spiro atoms. The molecule has 31 heavy (non-hydrogen) atoms. The Labute approximate surface area is 180 Å². The molecule has 5 N–H and O–H groups in total. The molecule has 2 unspecified atom stereocenters. The molecule has 10 nitrogen and oxygen atoms in total. The fourth-order valence-electron chi connectivity index (χ4n) is 3.71. The predicted molar refractivity (Wildman–Crippen MR) is 107 cm³/mol. The Balaban J connectivity index is 1.44. The number of carboxylic acid groups (broad SMARTS) is 2. The van der Waals surface area contributed by atoms with Gasteiger partial charge in [0, 0.05) is 35.6 Å². The first-order valence-electron chi connectivity index (χ1n) is 9.53. The zero-order valence-electron chi connectivity index (χ0n) is 16.2. The van der Waals surface area contributed by atoms with Crippen molar-refractivity contribution in [2.75, 3.05) is 19.7 Å². The van der Waals surface area contributed by atoms with E-state index in [0.29, 0.717) is 4.88 Å². The molecule has 11 heteroatoms. The lowest BCUT2D eigenvalue weighted by molar-refractivity contribution is -0.333. The topological polar surface area (TPSA) is 154 Å². The monoisotopic (exact) mass is 448 g/mol. The van der Waals surface area contributed by atoms with Gasteiger partial charge in [-0.25, -0.2) is 19.4 Å². The summed E-state index contributed by atoms with van der Waals surface area (Å²) in [5.74, 6) is -3.03. The molecule has 1 aliphatic heterocycles. The lowest BCUT2D eigenvalue weighted by atomic mass is 10.1. The summed E-state index contributed by atoms with van der Waals surface area (Å²) in [6, 6.07) is 6.40. The molecule has 0 saturated heterocycles. The van der Waals surface area contributed by atoms with Crippen LogP contribution < -0.4 is 10.6 Å². The summed E-state index contributed by atoms with van der Waals surface area (Å²) in [5.41, 5.74) is -0.175. The fraction of sp³-hybridized carbons (Fsp3) is 0.350. The van der Waals surface area contributed by atoms with Gasteiger partial charge >= 0.3 is 11.9 Å². The number of amides is 1. The van der Waals surface area contributed by atoms with Crippen LogP contribution in [0.15, 0.2) is 24.3 Å². The molecule has 2 aromatic rings. The number of carbonyl (C=O) groups is 3. The first-order valence-corrected chi connectivity index (χ1v) is 10.3. The van der Waals surface area contributed by atoms with Crippen LogP contribution in [0.4, 0.5) is 0 Å². The lowest BCUT2D eigenvalue weighted by Gasteiger charge is -2.14. The van der Waals surface area contributed by atoms with E-state index in [4.69, 9.17) is 9.99 Å². The van der Waals surface area contributed by atoms with Gasteiger partial charge in [-0.1, -0.05) is 18.2 Å². The molecule has 0 saturated carbocycles. The van der Waals surface area contributed by atoms with E-state index in [1.54, 1.807) is 6.07 Å². The average molecular weight is 448 g/mol. The minimum absolute atomic E-state index is 0.137. The number of aliphatic carboxylic acids is 2. The number of aliphatic hydroxyl groups excluding tert-OH is 1. The van der Waals surface area contributed by atoms with Crippen LogP contribution in [0, 0.1) is 0 Å². The summed E-state index contributed by atoms with van der Waals surface area (Å²) in [5, 5.41) is 34.8. The molecule has 2 heterocycles. The van der Waals surface area contributed by atoms with Gasteiger partial charge in [-0.3, -0.25) is 4.79 Å². The molecular weight excluding hydrogens is 428 g/mol. The van der Waals surface area contributed by atoms with E-state index in [2.05, 4.69) is 15.5 Å². The van der Waals surface area contributed by atoms with Crippen molar-refractivity contribution in [3.63, 3.8) is 0 Å². The quantitative estimate of drug-likeness (QED) is 0.273. The van der Waals surface area contributed by atoms with Crippen molar-refractivity contribution < 1.29 is 39.5 Å². The molecule has 2 aliphatic rings. The van der Waals surface area contributed by atoms with Crippen LogP contribution in [0.5, 0.6) is 0 Å². The molecule has 1 aromatic carbocycles. The maximum atomic E-state index is 12.5. The van der Waals surface area contributed by atoms with Gasteiger partial charge in [-0.2, -0.15) is 0 Å². The van der Waals surface area contributed by atoms with Crippen LogP contribution in [0.25, 0.3) is 0 Å². The second kappa shape index (κ2) is 8.36. The van der Waals surface area contributed by atoms with E-state index in [9.17, 15) is 24.6 Å². The number of benzene rings is 1. The van der Waals surface area contributed by atoms with Gasteiger partial charge in [0.15, 0.2) is 6.61 Å². The molecule has 4 rings (SSSR count). The maximum absolute atomic E-state index is 12.5. The highest BCUT2D eigenvalue weighted by Gasteiger charge is 2.62. The Morgan fingerprint density at radius 1 is 1.29 bits per heavy atom. The van der Waals surface area contributed by atoms with Crippen molar-refractivity contribution >= 4 is 29.2 Å². The summed E-state index contributed by atoms with van der Waals surface area (Å²) < 4.78 is 0. The SMILES string of the molecule is O=C(O)COOC1(C(=O)O)c2cccc(C(O)CNC(=O)c3cc4c(s3)CCNC4)c21. The second-order valence-corrected chi connectivity index (χ2v) is 8.34. The van der Waals surface area contributed by atoms with Crippen molar-refractivity contribution in [3.05, 3.63) is 56.3 Å². The van der Waals surface area contributed by atoms with Gasteiger partial charge in [0.1, 0.15) is 0 Å². The molecule has 0 fully saturated rings. The third-order valence-corrected chi connectivity index (χ3v) is 6.45. The number of fused-ring (bicyclic) bond motifs is 2. The van der Waals surface area contributed by atoms with Crippen LogP contribution in [0.2, 0.25) is 0 Å². The Bertz CT molecular complexity index is 1030. The smallest absolute Gasteiger partial charge is 0.348 e. The summed E-state index contributed by atoms with van der Waals surface area (Å²) in [4.78, 5) is 46.2. The number of carbonyl (C=O) groups excluding carboxylic acids is 1. The number of hydrogen-bond acceptors (Lipinski definition) is 8. The first-order chi connectivity index (χ1) is 14.8. The third kappa shape index (κ3) is 3.93. The highest BCUT2D eigenvalue weighted by molar-refractivity contribution is 7.14. The summed E-state index contributed by atoms with van der Waals surface area (Å²) in [6.45, 7) is 0.619. The van der Waals surface area contributed by atoms with E-state index in [-0.39, 0.29) is 29.1 Å². The summed E-state index contributed by atoms with van der Waals surface area (Å²) in [6.07, 6.45) is -0.327. The number of aliphatic hydroxyl groups is 1. The number of thiophene rings is 1. The minimum Gasteiger partial charge on any atom is -0.479 e. The number of carboxylic acids is 2. The normalized spacial score (nSPS) is 19.8. The van der Waals surface area contributed by atoms with Crippen LogP contribution in [0.3, 0.4) is 0 Å². The van der Waals surface area contributed by atoms with Gasteiger partial charge in [0.25, 0.3) is 11.5 Å². The van der Waals surface area contributed by atoms with Gasteiger partial charge in [-0.15, -0.1) is 11.3 Å². The summed E-state index contributed by atoms with van der Waals surface area (Å²) in [7, 11) is 0. The molecule has 1 aliphatic carbocycles. The first kappa shape index (κ1) is 21.4. The van der Waals surface area contributed by atoms with Crippen LogP contribution >= 0.6 is 11.3 Å². The number of hydrogen-bond donors (Lipinski definition) is 5. The van der Waals surface area contributed by atoms with Crippen molar-refractivity contribution in [2.24, 2.45) is 0 Å². The molecule has 1 amide bonds. The molecular formula is C20H20N2O8S. The third-order valence-electron chi connectivity index (χ3n) is 5.21. The Morgan fingerprint density at radius 3 is 2.81 bits per heavy atom. The number of nitrogens with one attached hydrogen (secondary N) is 2. The lowest BCUT2D eigenvalue weighted by Crippen LogP contribution is -2.29. The zero-order valence-corrected chi connectivity index (χ0v) is 17.0. The highest BCUT2D eigenvalue weighted by Crippen LogP contribution is 2.54. The summed E-state index contributed by atoms with van der Waals surface area (Å²) >= 11 is 1.42. The Kier molecular flexibility index (Phi) is 5.77. The van der Waals surface area contributed by atoms with E-state index in [1.165, 1.54) is 28.3 Å². The van der Waals surface area contributed by atoms with Gasteiger partial charge in [0.05, 0.1) is 11.0 Å². The molecule has 2 atom stereocenters. The Hall–Kier alpha value is -2.83. The van der Waals surface area contributed by atoms with Crippen LogP contribution in [0.1, 0.15) is 42.9 Å². The van der Waals surface area contributed by atoms with Crippen molar-refractivity contribution in [2.45, 2.75) is 24.7 Å². The van der Waals surface area contributed by atoms with E-state index in [0.717, 1.165) is 25.1 Å². The zero-order chi connectivity index (χ0) is 22.2. The Morgan fingerprint density at radius 2 is 2.10 bits per heavy atom. The van der Waals surface area contributed by atoms with Gasteiger partial charge in [-0.05, 0) is 23.6 Å². The minimum atomic E-state index is -1.97. The maximum Gasteiger partial charge on any atom is 0.348 e. The predicted octanol–water partition coefficient (Wildman–Crippen LogP) is 0.532. The van der Waals surface area contributed by atoms with Crippen molar-refractivity contribution in [3.8, 4) is 0 Å². The van der Waals surface area contributed by atoms with E-state index in [1.807, 2.05) is 6.07 Å². The van der Waals surface area contributed by atoms with Crippen LogP contribution in [-0.4, -0.2) is 52.9 Å². The van der Waals surface area contributed by atoms with E-state index >= 15 is 0 Å². The largest absolute Gasteiger partial charge is 0.479 e. The van der Waals surface area contributed by atoms with Crippen molar-refractivity contribution in [1.82, 2.24) is 10.6 Å².